The first-order valence-electron chi connectivity index (χ1n) is 4.67. The van der Waals surface area contributed by atoms with Crippen molar-refractivity contribution in [3.05, 3.63) is 28.5 Å². The zero-order valence-corrected chi connectivity index (χ0v) is 10.5. The molecule has 8 heteroatoms. The molecule has 0 aliphatic carbocycles. The number of rotatable bonds is 0. The molecule has 0 unspecified atom stereocenters. The number of halogens is 4. The summed E-state index contributed by atoms with van der Waals surface area (Å²) < 4.78 is 43.5. The number of ether oxygens (including phenoxy) is 1. The van der Waals surface area contributed by atoms with E-state index in [0.29, 0.717) is 9.86 Å². The molecule has 2 aromatic rings. The maximum Gasteiger partial charge on any atom is 0.433 e. The minimum Gasteiger partial charge on any atom is -0.452 e. The smallest absolute Gasteiger partial charge is 0.433 e. The summed E-state index contributed by atoms with van der Waals surface area (Å²) in [7, 11) is 1.13. The van der Waals surface area contributed by atoms with Crippen molar-refractivity contribution < 1.29 is 22.7 Å². The van der Waals surface area contributed by atoms with Gasteiger partial charge in [-0.25, -0.2) is 14.3 Å². The van der Waals surface area contributed by atoms with Crippen molar-refractivity contribution in [2.45, 2.75) is 6.18 Å². The number of pyridine rings is 1. The van der Waals surface area contributed by atoms with Gasteiger partial charge < -0.3 is 4.74 Å². The summed E-state index contributed by atoms with van der Waals surface area (Å²) in [5.74, 6) is 0. The van der Waals surface area contributed by atoms with E-state index in [1.54, 1.807) is 0 Å². The molecule has 0 fully saturated rings. The van der Waals surface area contributed by atoms with E-state index in [0.717, 1.165) is 17.7 Å². The summed E-state index contributed by atoms with van der Waals surface area (Å²) >= 11 is 3.14. The average molecular weight is 323 g/mol. The molecule has 2 aromatic heterocycles. The van der Waals surface area contributed by atoms with Gasteiger partial charge in [-0.2, -0.15) is 13.2 Å². The molecule has 18 heavy (non-hydrogen) atoms. The maximum absolute atomic E-state index is 12.5. The van der Waals surface area contributed by atoms with Crippen LogP contribution >= 0.6 is 15.9 Å². The highest BCUT2D eigenvalue weighted by molar-refractivity contribution is 9.10. The van der Waals surface area contributed by atoms with Gasteiger partial charge in [0.25, 0.3) is 0 Å². The van der Waals surface area contributed by atoms with E-state index >= 15 is 0 Å². The fourth-order valence-corrected chi connectivity index (χ4v) is 1.97. The Morgan fingerprint density at radius 3 is 2.67 bits per heavy atom. The molecule has 0 bridgehead atoms. The quantitative estimate of drug-likeness (QED) is 0.746. The Kier molecular flexibility index (Phi) is 3.05. The van der Waals surface area contributed by atoms with E-state index in [-0.39, 0.29) is 5.65 Å². The first kappa shape index (κ1) is 12.9. The molecule has 0 atom stereocenters. The molecule has 0 saturated carbocycles. The molecule has 0 aromatic carbocycles. The minimum absolute atomic E-state index is 0.108. The summed E-state index contributed by atoms with van der Waals surface area (Å²) in [5, 5.41) is 0.397. The Labute approximate surface area is 107 Å². The lowest BCUT2D eigenvalue weighted by atomic mass is 10.3. The molecular weight excluding hydrogens is 317 g/mol. The highest BCUT2D eigenvalue weighted by Gasteiger charge is 2.33. The standard InChI is InChI=1S/C10H6BrF3N2O2/c1-18-9(17)16-4-6(11)5-2-3-7(10(12,13)14)15-8(5)16/h2-4H,1H3. The van der Waals surface area contributed by atoms with Crippen LogP contribution in [0.3, 0.4) is 0 Å². The zero-order valence-electron chi connectivity index (χ0n) is 8.95. The van der Waals surface area contributed by atoms with Crippen molar-refractivity contribution in [1.82, 2.24) is 9.55 Å². The molecule has 0 radical (unpaired) electrons. The van der Waals surface area contributed by atoms with Gasteiger partial charge in [0.05, 0.1) is 7.11 Å². The zero-order chi connectivity index (χ0) is 13.5. The lowest BCUT2D eigenvalue weighted by Crippen LogP contribution is -2.13. The second kappa shape index (κ2) is 4.27. The minimum atomic E-state index is -4.56. The van der Waals surface area contributed by atoms with Crippen molar-refractivity contribution in [3.8, 4) is 0 Å². The average Bonchev–Trinajstić information content (AvgIpc) is 2.64. The number of fused-ring (bicyclic) bond motifs is 1. The Morgan fingerprint density at radius 2 is 2.11 bits per heavy atom. The van der Waals surface area contributed by atoms with Crippen molar-refractivity contribution in [1.29, 1.82) is 0 Å². The van der Waals surface area contributed by atoms with Crippen molar-refractivity contribution in [3.63, 3.8) is 0 Å². The van der Waals surface area contributed by atoms with Crippen LogP contribution in [0.25, 0.3) is 11.0 Å². The Bertz CT molecular complexity index is 621. The third-order valence-electron chi connectivity index (χ3n) is 2.26. The van der Waals surface area contributed by atoms with Crippen LogP contribution in [0.2, 0.25) is 0 Å². The molecular formula is C10H6BrF3N2O2. The van der Waals surface area contributed by atoms with E-state index in [9.17, 15) is 18.0 Å². The second-order valence-electron chi connectivity index (χ2n) is 3.38. The fourth-order valence-electron chi connectivity index (χ4n) is 1.46. The number of carbonyl (C=O) groups is 1. The molecule has 0 aliphatic rings. The normalized spacial score (nSPS) is 11.8. The van der Waals surface area contributed by atoms with Gasteiger partial charge in [0.1, 0.15) is 5.69 Å². The predicted octanol–water partition coefficient (Wildman–Crippen LogP) is 3.43. The third-order valence-corrected chi connectivity index (χ3v) is 2.90. The number of methoxy groups -OCH3 is 1. The van der Waals surface area contributed by atoms with E-state index in [1.165, 1.54) is 12.3 Å². The Balaban J connectivity index is 2.70. The van der Waals surface area contributed by atoms with E-state index in [2.05, 4.69) is 25.7 Å². The summed E-state index contributed by atoms with van der Waals surface area (Å²) in [4.78, 5) is 14.8. The van der Waals surface area contributed by atoms with Gasteiger partial charge in [-0.15, -0.1) is 0 Å². The van der Waals surface area contributed by atoms with Gasteiger partial charge >= 0.3 is 12.3 Å². The molecule has 0 aliphatic heterocycles. The van der Waals surface area contributed by atoms with E-state index in [4.69, 9.17) is 0 Å². The summed E-state index contributed by atoms with van der Waals surface area (Å²) in [6.07, 6.45) is -4.06. The lowest BCUT2D eigenvalue weighted by Gasteiger charge is -2.06. The molecule has 2 heterocycles. The highest BCUT2D eigenvalue weighted by atomic mass is 79.9. The summed E-state index contributed by atoms with van der Waals surface area (Å²) in [6.45, 7) is 0. The number of nitrogens with zero attached hydrogens (tertiary/aromatic N) is 2. The Morgan fingerprint density at radius 1 is 1.44 bits per heavy atom. The van der Waals surface area contributed by atoms with Gasteiger partial charge in [-0.3, -0.25) is 0 Å². The second-order valence-corrected chi connectivity index (χ2v) is 4.24. The molecule has 0 spiro atoms. The van der Waals surface area contributed by atoms with E-state index in [1.807, 2.05) is 0 Å². The summed E-state index contributed by atoms with van der Waals surface area (Å²) in [6, 6.07) is 2.10. The largest absolute Gasteiger partial charge is 0.452 e. The topological polar surface area (TPSA) is 44.1 Å². The van der Waals surface area contributed by atoms with Crippen LogP contribution in [-0.4, -0.2) is 22.8 Å². The number of aromatic nitrogens is 2. The van der Waals surface area contributed by atoms with Crippen molar-refractivity contribution in [2.24, 2.45) is 0 Å². The first-order chi connectivity index (χ1) is 8.34. The maximum atomic E-state index is 12.5. The van der Waals surface area contributed by atoms with Gasteiger partial charge in [0.2, 0.25) is 0 Å². The van der Waals surface area contributed by atoms with Crippen LogP contribution in [0.1, 0.15) is 5.69 Å². The Hall–Kier alpha value is -1.57. The fraction of sp³-hybridized carbons (Fsp3) is 0.200. The summed E-state index contributed by atoms with van der Waals surface area (Å²) in [5.41, 5.74) is -1.17. The highest BCUT2D eigenvalue weighted by Crippen LogP contribution is 2.31. The van der Waals surface area contributed by atoms with Gasteiger partial charge in [0, 0.05) is 16.1 Å². The van der Waals surface area contributed by atoms with Crippen LogP contribution in [0.15, 0.2) is 22.8 Å². The van der Waals surface area contributed by atoms with Crippen LogP contribution in [0.5, 0.6) is 0 Å². The lowest BCUT2D eigenvalue weighted by molar-refractivity contribution is -0.141. The van der Waals surface area contributed by atoms with Gasteiger partial charge in [-0.1, -0.05) is 0 Å². The van der Waals surface area contributed by atoms with Crippen LogP contribution in [0.4, 0.5) is 18.0 Å². The molecule has 0 N–H and O–H groups in total. The number of carbonyl (C=O) groups excluding carboxylic acids is 1. The van der Waals surface area contributed by atoms with Crippen LogP contribution in [0, 0.1) is 0 Å². The van der Waals surface area contributed by atoms with Crippen molar-refractivity contribution in [2.75, 3.05) is 7.11 Å². The number of hydrogen-bond donors (Lipinski definition) is 0. The molecule has 96 valence electrons. The monoisotopic (exact) mass is 322 g/mol. The van der Waals surface area contributed by atoms with Crippen molar-refractivity contribution >= 4 is 33.1 Å². The number of alkyl halides is 3. The van der Waals surface area contributed by atoms with E-state index < -0.39 is 18.0 Å². The molecule has 2 rings (SSSR count). The number of hydrogen-bond acceptors (Lipinski definition) is 3. The molecule has 0 amide bonds. The van der Waals surface area contributed by atoms with Crippen LogP contribution in [-0.2, 0) is 10.9 Å². The predicted molar refractivity (Wildman–Crippen MR) is 60.2 cm³/mol. The van der Waals surface area contributed by atoms with Gasteiger partial charge in [0.15, 0.2) is 5.65 Å². The first-order valence-corrected chi connectivity index (χ1v) is 5.47. The molecule has 0 saturated heterocycles. The SMILES string of the molecule is COC(=O)n1cc(Br)c2ccc(C(F)(F)F)nc21. The molecule has 4 nitrogen and oxygen atoms in total. The van der Waals surface area contributed by atoms with Crippen LogP contribution < -0.4 is 0 Å². The van der Waals surface area contributed by atoms with Gasteiger partial charge in [-0.05, 0) is 28.1 Å². The third kappa shape index (κ3) is 2.07.